The molecule has 0 saturated carbocycles. The first-order valence-corrected chi connectivity index (χ1v) is 7.70. The molecule has 4 heteroatoms. The molecule has 2 aromatic carbocycles. The second kappa shape index (κ2) is 7.27. The second-order valence-electron chi connectivity index (χ2n) is 5.94. The molecule has 122 valence electrons. The number of hydrogen-bond donors (Lipinski definition) is 1. The lowest BCUT2D eigenvalue weighted by Crippen LogP contribution is -2.38. The molecule has 23 heavy (non-hydrogen) atoms. The minimum absolute atomic E-state index is 0.0323. The average Bonchev–Trinajstić information content (AvgIpc) is 2.51. The predicted molar refractivity (Wildman–Crippen MR) is 91.9 cm³/mol. The van der Waals surface area contributed by atoms with Crippen LogP contribution in [0.5, 0.6) is 0 Å². The van der Waals surface area contributed by atoms with Gasteiger partial charge in [-0.15, -0.1) is 0 Å². The first-order valence-electron chi connectivity index (χ1n) is 7.70. The van der Waals surface area contributed by atoms with Crippen LogP contribution in [0.25, 0.3) is 0 Å². The van der Waals surface area contributed by atoms with E-state index in [0.717, 1.165) is 16.8 Å². The Morgan fingerprint density at radius 2 is 1.91 bits per heavy atom. The lowest BCUT2D eigenvalue weighted by Gasteiger charge is -2.24. The molecule has 0 radical (unpaired) electrons. The smallest absolute Gasteiger partial charge is 0.244 e. The quantitative estimate of drug-likeness (QED) is 0.908. The molecule has 0 spiro atoms. The maximum atomic E-state index is 13.2. The standard InChI is InChI=1S/C19H23FN2O/c1-13-7-5-10-18(14(13)2)21-15(3)19(23)22(4)12-16-8-6-9-17(20)11-16/h5-11,15,21H,12H2,1-4H3/t15-/m0/s1. The van der Waals surface area contributed by atoms with E-state index < -0.39 is 0 Å². The molecule has 3 nitrogen and oxygen atoms in total. The highest BCUT2D eigenvalue weighted by molar-refractivity contribution is 5.84. The fourth-order valence-electron chi connectivity index (χ4n) is 2.52. The molecule has 0 aromatic heterocycles. The molecular weight excluding hydrogens is 291 g/mol. The number of rotatable bonds is 5. The van der Waals surface area contributed by atoms with Gasteiger partial charge in [-0.05, 0) is 55.7 Å². The van der Waals surface area contributed by atoms with Gasteiger partial charge in [0, 0.05) is 19.3 Å². The van der Waals surface area contributed by atoms with Gasteiger partial charge in [-0.25, -0.2) is 4.39 Å². The van der Waals surface area contributed by atoms with Crippen LogP contribution < -0.4 is 5.32 Å². The fourth-order valence-corrected chi connectivity index (χ4v) is 2.52. The van der Waals surface area contributed by atoms with Gasteiger partial charge in [0.05, 0.1) is 0 Å². The van der Waals surface area contributed by atoms with Gasteiger partial charge in [0.25, 0.3) is 0 Å². The van der Waals surface area contributed by atoms with E-state index in [4.69, 9.17) is 0 Å². The van der Waals surface area contributed by atoms with Crippen molar-refractivity contribution >= 4 is 11.6 Å². The molecule has 2 rings (SSSR count). The van der Waals surface area contributed by atoms with E-state index in [-0.39, 0.29) is 17.8 Å². The highest BCUT2D eigenvalue weighted by Crippen LogP contribution is 2.19. The fraction of sp³-hybridized carbons (Fsp3) is 0.316. The molecule has 0 aliphatic carbocycles. The highest BCUT2D eigenvalue weighted by atomic mass is 19.1. The Hall–Kier alpha value is -2.36. The van der Waals surface area contributed by atoms with Crippen LogP contribution in [0.2, 0.25) is 0 Å². The third-order valence-electron chi connectivity index (χ3n) is 4.03. The van der Waals surface area contributed by atoms with Crippen molar-refractivity contribution in [2.24, 2.45) is 0 Å². The maximum absolute atomic E-state index is 13.2. The van der Waals surface area contributed by atoms with E-state index in [9.17, 15) is 9.18 Å². The summed E-state index contributed by atoms with van der Waals surface area (Å²) in [4.78, 5) is 14.1. The average molecular weight is 314 g/mol. The number of likely N-dealkylation sites (N-methyl/N-ethyl adjacent to an activating group) is 1. The van der Waals surface area contributed by atoms with Crippen LogP contribution >= 0.6 is 0 Å². The summed E-state index contributed by atoms with van der Waals surface area (Å²) >= 11 is 0. The zero-order valence-electron chi connectivity index (χ0n) is 14.1. The van der Waals surface area contributed by atoms with Crippen molar-refractivity contribution in [3.8, 4) is 0 Å². The van der Waals surface area contributed by atoms with Crippen molar-refractivity contribution in [1.82, 2.24) is 4.90 Å². The molecule has 0 saturated heterocycles. The van der Waals surface area contributed by atoms with E-state index in [1.54, 1.807) is 18.0 Å². The SMILES string of the molecule is Cc1cccc(N[C@@H](C)C(=O)N(C)Cc2cccc(F)c2)c1C. The lowest BCUT2D eigenvalue weighted by molar-refractivity contribution is -0.130. The Kier molecular flexibility index (Phi) is 5.37. The number of nitrogens with zero attached hydrogens (tertiary/aromatic N) is 1. The number of halogens is 1. The molecule has 0 aliphatic heterocycles. The third kappa shape index (κ3) is 4.31. The van der Waals surface area contributed by atoms with Gasteiger partial charge in [0.1, 0.15) is 11.9 Å². The minimum atomic E-state index is -0.353. The molecule has 1 N–H and O–H groups in total. The second-order valence-corrected chi connectivity index (χ2v) is 5.94. The topological polar surface area (TPSA) is 32.3 Å². The van der Waals surface area contributed by atoms with E-state index in [1.807, 2.05) is 45.0 Å². The summed E-state index contributed by atoms with van der Waals surface area (Å²) in [5.41, 5.74) is 4.06. The molecule has 2 aromatic rings. The van der Waals surface area contributed by atoms with Crippen molar-refractivity contribution in [2.75, 3.05) is 12.4 Å². The number of carbonyl (C=O) groups is 1. The van der Waals surface area contributed by atoms with Crippen molar-refractivity contribution in [2.45, 2.75) is 33.4 Å². The van der Waals surface area contributed by atoms with Crippen LogP contribution in [0.1, 0.15) is 23.6 Å². The van der Waals surface area contributed by atoms with E-state index >= 15 is 0 Å². The summed E-state index contributed by atoms with van der Waals surface area (Å²) in [5, 5.41) is 3.26. The zero-order valence-corrected chi connectivity index (χ0v) is 14.1. The number of hydrogen-bond acceptors (Lipinski definition) is 2. The van der Waals surface area contributed by atoms with Crippen molar-refractivity contribution < 1.29 is 9.18 Å². The van der Waals surface area contributed by atoms with Gasteiger partial charge in [0.2, 0.25) is 5.91 Å². The van der Waals surface area contributed by atoms with Crippen molar-refractivity contribution in [3.05, 3.63) is 65.0 Å². The molecule has 0 unspecified atom stereocenters. The Morgan fingerprint density at radius 3 is 2.61 bits per heavy atom. The summed E-state index contributed by atoms with van der Waals surface area (Å²) < 4.78 is 13.2. The van der Waals surface area contributed by atoms with Gasteiger partial charge >= 0.3 is 0 Å². The van der Waals surface area contributed by atoms with Crippen LogP contribution in [-0.2, 0) is 11.3 Å². The van der Waals surface area contributed by atoms with Crippen molar-refractivity contribution in [1.29, 1.82) is 0 Å². The van der Waals surface area contributed by atoms with Gasteiger partial charge in [0.15, 0.2) is 0 Å². The summed E-state index contributed by atoms with van der Waals surface area (Å²) in [7, 11) is 1.73. The Labute approximate surface area is 137 Å². The van der Waals surface area contributed by atoms with E-state index in [1.165, 1.54) is 17.7 Å². The molecule has 1 amide bonds. The highest BCUT2D eigenvalue weighted by Gasteiger charge is 2.18. The zero-order chi connectivity index (χ0) is 17.0. The number of carbonyl (C=O) groups excluding carboxylic acids is 1. The summed E-state index contributed by atoms with van der Waals surface area (Å²) in [5.74, 6) is -0.319. The molecule has 0 heterocycles. The molecule has 0 fully saturated rings. The van der Waals surface area contributed by atoms with Crippen LogP contribution in [0.15, 0.2) is 42.5 Å². The normalized spacial score (nSPS) is 11.9. The number of anilines is 1. The number of amides is 1. The Bertz CT molecular complexity index is 700. The van der Waals surface area contributed by atoms with Crippen LogP contribution in [-0.4, -0.2) is 23.9 Å². The van der Waals surface area contributed by atoms with E-state index in [2.05, 4.69) is 5.32 Å². The van der Waals surface area contributed by atoms with Crippen LogP contribution in [0.3, 0.4) is 0 Å². The molecule has 0 aliphatic rings. The summed E-state index contributed by atoms with van der Waals surface area (Å²) in [6.07, 6.45) is 0. The number of benzene rings is 2. The molecule has 1 atom stereocenters. The van der Waals surface area contributed by atoms with Gasteiger partial charge < -0.3 is 10.2 Å². The first-order chi connectivity index (χ1) is 10.9. The number of aryl methyl sites for hydroxylation is 1. The largest absolute Gasteiger partial charge is 0.374 e. The monoisotopic (exact) mass is 314 g/mol. The Morgan fingerprint density at radius 1 is 1.22 bits per heavy atom. The minimum Gasteiger partial charge on any atom is -0.374 e. The number of nitrogens with one attached hydrogen (secondary N) is 1. The van der Waals surface area contributed by atoms with Gasteiger partial charge in [-0.1, -0.05) is 24.3 Å². The van der Waals surface area contributed by atoms with Crippen molar-refractivity contribution in [3.63, 3.8) is 0 Å². The van der Waals surface area contributed by atoms with Crippen LogP contribution in [0.4, 0.5) is 10.1 Å². The lowest BCUT2D eigenvalue weighted by atomic mass is 10.1. The van der Waals surface area contributed by atoms with E-state index in [0.29, 0.717) is 6.54 Å². The first kappa shape index (κ1) is 17.0. The summed E-state index contributed by atoms with van der Waals surface area (Å²) in [6.45, 7) is 6.30. The maximum Gasteiger partial charge on any atom is 0.244 e. The molecular formula is C19H23FN2O. The Balaban J connectivity index is 2.02. The molecule has 0 bridgehead atoms. The third-order valence-corrected chi connectivity index (χ3v) is 4.03. The van der Waals surface area contributed by atoms with Gasteiger partial charge in [-0.2, -0.15) is 0 Å². The predicted octanol–water partition coefficient (Wildman–Crippen LogP) is 3.90. The van der Waals surface area contributed by atoms with Gasteiger partial charge in [-0.3, -0.25) is 4.79 Å². The summed E-state index contributed by atoms with van der Waals surface area (Å²) in [6, 6.07) is 12.0. The van der Waals surface area contributed by atoms with Crippen LogP contribution in [0, 0.1) is 19.7 Å².